The second kappa shape index (κ2) is 6.40. The van der Waals surface area contributed by atoms with Gasteiger partial charge in [-0.2, -0.15) is 4.99 Å². The number of carbonyl (C=O) groups is 2. The number of hydrogen-bond acceptors (Lipinski definition) is 5. The quantitative estimate of drug-likeness (QED) is 0.677. The maximum absolute atomic E-state index is 12.4. The summed E-state index contributed by atoms with van der Waals surface area (Å²) in [5, 5.41) is 0. The number of thiazole rings is 1. The number of hydrogen-bond donors (Lipinski definition) is 0. The van der Waals surface area contributed by atoms with Crippen LogP contribution in [0.2, 0.25) is 0 Å². The van der Waals surface area contributed by atoms with E-state index >= 15 is 0 Å². The summed E-state index contributed by atoms with van der Waals surface area (Å²) in [7, 11) is 3.06. The molecule has 2 aromatic heterocycles. The minimum atomic E-state index is -0.454. The van der Waals surface area contributed by atoms with Crippen molar-refractivity contribution in [3.63, 3.8) is 0 Å². The maximum atomic E-state index is 12.4. The highest BCUT2D eigenvalue weighted by atomic mass is 32.1. The number of imidazole rings is 1. The zero-order valence-electron chi connectivity index (χ0n) is 13.5. The molecule has 0 saturated carbocycles. The molecule has 0 aliphatic carbocycles. The third kappa shape index (κ3) is 3.00. The number of amides is 1. The van der Waals surface area contributed by atoms with Crippen LogP contribution in [-0.4, -0.2) is 33.1 Å². The van der Waals surface area contributed by atoms with Crippen LogP contribution in [0.15, 0.2) is 35.6 Å². The van der Waals surface area contributed by atoms with Crippen molar-refractivity contribution >= 4 is 33.4 Å². The molecule has 24 heavy (non-hydrogen) atoms. The summed E-state index contributed by atoms with van der Waals surface area (Å²) < 4.78 is 8.99. The fourth-order valence-electron chi connectivity index (χ4n) is 2.32. The number of methoxy groups -OCH3 is 1. The van der Waals surface area contributed by atoms with Crippen molar-refractivity contribution < 1.29 is 14.3 Å². The number of aromatic nitrogens is 3. The van der Waals surface area contributed by atoms with Crippen LogP contribution in [0.25, 0.3) is 10.2 Å². The average Bonchev–Trinajstić information content (AvgIpc) is 3.11. The Bertz CT molecular complexity index is 996. The fourth-order valence-corrected chi connectivity index (χ4v) is 3.45. The van der Waals surface area contributed by atoms with Crippen LogP contribution in [0.1, 0.15) is 16.2 Å². The Labute approximate surface area is 141 Å². The molecule has 0 aliphatic heterocycles. The summed E-state index contributed by atoms with van der Waals surface area (Å²) in [6, 6.07) is 5.86. The topological polar surface area (TPSA) is 78.5 Å². The van der Waals surface area contributed by atoms with E-state index < -0.39 is 11.9 Å². The summed E-state index contributed by atoms with van der Waals surface area (Å²) in [5.74, 6) is -0.612. The Morgan fingerprint density at radius 2 is 2.17 bits per heavy atom. The molecule has 124 valence electrons. The van der Waals surface area contributed by atoms with Crippen LogP contribution in [0.3, 0.4) is 0 Å². The first-order valence-electron chi connectivity index (χ1n) is 7.23. The van der Waals surface area contributed by atoms with Gasteiger partial charge in [0.25, 0.3) is 0 Å². The monoisotopic (exact) mass is 344 g/mol. The number of rotatable bonds is 3. The predicted octanol–water partition coefficient (Wildman–Crippen LogP) is 1.66. The number of aryl methyl sites for hydroxylation is 2. The van der Waals surface area contributed by atoms with E-state index in [2.05, 4.69) is 9.98 Å². The normalized spacial score (nSPS) is 11.9. The Morgan fingerprint density at radius 1 is 1.38 bits per heavy atom. The molecule has 8 heteroatoms. The van der Waals surface area contributed by atoms with E-state index in [-0.39, 0.29) is 12.4 Å². The van der Waals surface area contributed by atoms with E-state index in [1.807, 2.05) is 25.1 Å². The number of nitrogens with zero attached hydrogens (tertiary/aromatic N) is 4. The Kier molecular flexibility index (Phi) is 4.30. The number of fused-ring (bicyclic) bond motifs is 1. The Morgan fingerprint density at radius 3 is 2.83 bits per heavy atom. The van der Waals surface area contributed by atoms with Crippen molar-refractivity contribution in [1.29, 1.82) is 0 Å². The van der Waals surface area contributed by atoms with Gasteiger partial charge in [-0.25, -0.2) is 4.98 Å². The molecule has 0 atom stereocenters. The molecular weight excluding hydrogens is 328 g/mol. The SMILES string of the molecule is COC(=O)Cn1c(=NC(=O)c2nccn2C)sc2cc(C)ccc21. The summed E-state index contributed by atoms with van der Waals surface area (Å²) in [4.78, 5) is 32.7. The number of benzene rings is 1. The molecule has 2 heterocycles. The lowest BCUT2D eigenvalue weighted by Gasteiger charge is -2.03. The van der Waals surface area contributed by atoms with Crippen LogP contribution >= 0.6 is 11.3 Å². The van der Waals surface area contributed by atoms with Crippen molar-refractivity contribution in [2.75, 3.05) is 7.11 Å². The van der Waals surface area contributed by atoms with Crippen molar-refractivity contribution in [2.45, 2.75) is 13.5 Å². The summed E-state index contributed by atoms with van der Waals surface area (Å²) in [6.45, 7) is 1.98. The van der Waals surface area contributed by atoms with Crippen LogP contribution in [-0.2, 0) is 23.1 Å². The summed E-state index contributed by atoms with van der Waals surface area (Å²) in [5.41, 5.74) is 1.93. The first-order chi connectivity index (χ1) is 11.5. The van der Waals surface area contributed by atoms with Gasteiger partial charge in [-0.15, -0.1) is 0 Å². The molecule has 0 fully saturated rings. The second-order valence-electron chi connectivity index (χ2n) is 5.30. The minimum absolute atomic E-state index is 0.00770. The lowest BCUT2D eigenvalue weighted by molar-refractivity contribution is -0.141. The first-order valence-corrected chi connectivity index (χ1v) is 8.04. The predicted molar refractivity (Wildman–Crippen MR) is 89.7 cm³/mol. The van der Waals surface area contributed by atoms with Crippen molar-refractivity contribution in [1.82, 2.24) is 14.1 Å². The highest BCUT2D eigenvalue weighted by Gasteiger charge is 2.14. The van der Waals surface area contributed by atoms with Gasteiger partial charge < -0.3 is 13.9 Å². The van der Waals surface area contributed by atoms with E-state index in [1.165, 1.54) is 18.4 Å². The maximum Gasteiger partial charge on any atom is 0.325 e. The van der Waals surface area contributed by atoms with Gasteiger partial charge in [0.15, 0.2) is 4.80 Å². The highest BCUT2D eigenvalue weighted by molar-refractivity contribution is 7.16. The van der Waals surface area contributed by atoms with E-state index in [0.29, 0.717) is 4.80 Å². The van der Waals surface area contributed by atoms with E-state index in [1.54, 1.807) is 28.6 Å². The molecular formula is C16H16N4O3S. The van der Waals surface area contributed by atoms with Crippen molar-refractivity contribution in [2.24, 2.45) is 12.0 Å². The third-order valence-electron chi connectivity index (χ3n) is 3.56. The number of esters is 1. The van der Waals surface area contributed by atoms with E-state index in [4.69, 9.17) is 4.74 Å². The van der Waals surface area contributed by atoms with Gasteiger partial charge in [0.1, 0.15) is 6.54 Å². The molecule has 0 unspecified atom stereocenters. The molecule has 1 amide bonds. The lowest BCUT2D eigenvalue weighted by atomic mass is 10.2. The van der Waals surface area contributed by atoms with Crippen molar-refractivity contribution in [3.05, 3.63) is 46.8 Å². The molecule has 3 aromatic rings. The van der Waals surface area contributed by atoms with E-state index in [9.17, 15) is 9.59 Å². The van der Waals surface area contributed by atoms with Crippen LogP contribution in [0.4, 0.5) is 0 Å². The van der Waals surface area contributed by atoms with Gasteiger partial charge in [0, 0.05) is 19.4 Å². The highest BCUT2D eigenvalue weighted by Crippen LogP contribution is 2.19. The zero-order chi connectivity index (χ0) is 17.3. The fraction of sp³-hybridized carbons (Fsp3) is 0.250. The molecule has 0 bridgehead atoms. The number of ether oxygens (including phenoxy) is 1. The molecule has 0 saturated heterocycles. The van der Waals surface area contributed by atoms with Crippen LogP contribution in [0, 0.1) is 6.92 Å². The van der Waals surface area contributed by atoms with Crippen LogP contribution in [0.5, 0.6) is 0 Å². The smallest absolute Gasteiger partial charge is 0.325 e. The number of carbonyl (C=O) groups excluding carboxylic acids is 2. The molecule has 7 nitrogen and oxygen atoms in total. The van der Waals surface area contributed by atoms with Gasteiger partial charge in [-0.1, -0.05) is 17.4 Å². The van der Waals surface area contributed by atoms with Gasteiger partial charge in [0.2, 0.25) is 5.82 Å². The third-order valence-corrected chi connectivity index (χ3v) is 4.60. The molecule has 0 N–H and O–H groups in total. The average molecular weight is 344 g/mol. The first kappa shape index (κ1) is 16.1. The van der Waals surface area contributed by atoms with Gasteiger partial charge in [-0.05, 0) is 24.6 Å². The minimum Gasteiger partial charge on any atom is -0.468 e. The molecule has 1 aromatic carbocycles. The Balaban J connectivity index is 2.17. The van der Waals surface area contributed by atoms with Gasteiger partial charge in [-0.3, -0.25) is 9.59 Å². The molecule has 3 rings (SSSR count). The van der Waals surface area contributed by atoms with Gasteiger partial charge >= 0.3 is 11.9 Å². The second-order valence-corrected chi connectivity index (χ2v) is 6.31. The van der Waals surface area contributed by atoms with Crippen molar-refractivity contribution in [3.8, 4) is 0 Å². The van der Waals surface area contributed by atoms with Crippen LogP contribution < -0.4 is 4.80 Å². The summed E-state index contributed by atoms with van der Waals surface area (Å²) in [6.07, 6.45) is 3.22. The lowest BCUT2D eigenvalue weighted by Crippen LogP contribution is -2.23. The molecule has 0 aliphatic rings. The van der Waals surface area contributed by atoms with Gasteiger partial charge in [0.05, 0.1) is 17.3 Å². The van der Waals surface area contributed by atoms with E-state index in [0.717, 1.165) is 15.8 Å². The summed E-state index contributed by atoms with van der Waals surface area (Å²) >= 11 is 1.35. The largest absolute Gasteiger partial charge is 0.468 e. The standard InChI is InChI=1S/C16H16N4O3S/c1-10-4-5-11-12(8-10)24-16(20(11)9-13(21)23-3)18-15(22)14-17-6-7-19(14)2/h4-8H,9H2,1-3H3. The molecule has 0 spiro atoms. The zero-order valence-corrected chi connectivity index (χ0v) is 14.3. The molecule has 0 radical (unpaired) electrons. The Hall–Kier alpha value is -2.74.